The minimum Gasteiger partial charge on any atom is -0.489 e. The van der Waals surface area contributed by atoms with Gasteiger partial charge >= 0.3 is 0 Å². The number of likely N-dealkylation sites (N-methyl/N-ethyl adjacent to an activating group) is 1. The fourth-order valence-corrected chi connectivity index (χ4v) is 5.00. The van der Waals surface area contributed by atoms with Gasteiger partial charge in [-0.05, 0) is 50.4 Å². The van der Waals surface area contributed by atoms with Crippen molar-refractivity contribution in [1.82, 2.24) is 9.62 Å². The van der Waals surface area contributed by atoms with Gasteiger partial charge in [0.1, 0.15) is 17.3 Å². The van der Waals surface area contributed by atoms with Crippen molar-refractivity contribution < 1.29 is 17.9 Å². The molecule has 3 rings (SSSR count). The highest BCUT2D eigenvalue weighted by Gasteiger charge is 2.32. The van der Waals surface area contributed by atoms with Gasteiger partial charge < -0.3 is 14.8 Å². The first-order chi connectivity index (χ1) is 12.0. The molecule has 1 aromatic rings. The van der Waals surface area contributed by atoms with Crippen LogP contribution in [0.3, 0.4) is 0 Å². The molecule has 0 bridgehead atoms. The minimum atomic E-state index is -3.69. The maximum Gasteiger partial charge on any atom is 0.246 e. The summed E-state index contributed by atoms with van der Waals surface area (Å²) in [6, 6.07) is 4.68. The van der Waals surface area contributed by atoms with E-state index < -0.39 is 10.0 Å². The van der Waals surface area contributed by atoms with Crippen molar-refractivity contribution in [1.29, 1.82) is 0 Å². The van der Waals surface area contributed by atoms with Crippen molar-refractivity contribution in [3.63, 3.8) is 0 Å². The second-order valence-corrected chi connectivity index (χ2v) is 8.96. The molecule has 1 N–H and O–H groups in total. The summed E-state index contributed by atoms with van der Waals surface area (Å²) >= 11 is 6.06. The monoisotopic (exact) mass is 388 g/mol. The maximum atomic E-state index is 13.1. The number of hydrogen-bond donors (Lipinski definition) is 1. The predicted molar refractivity (Wildman–Crippen MR) is 96.8 cm³/mol. The maximum absolute atomic E-state index is 13.1. The Morgan fingerprint density at radius 1 is 1.36 bits per heavy atom. The highest BCUT2D eigenvalue weighted by molar-refractivity contribution is 7.89. The molecule has 2 atom stereocenters. The van der Waals surface area contributed by atoms with Crippen molar-refractivity contribution in [3.05, 3.63) is 23.2 Å². The van der Waals surface area contributed by atoms with Gasteiger partial charge in [-0.3, -0.25) is 0 Å². The molecule has 2 heterocycles. The average Bonchev–Trinajstić information content (AvgIpc) is 3.15. The van der Waals surface area contributed by atoms with Crippen LogP contribution in [0.4, 0.5) is 0 Å². The van der Waals surface area contributed by atoms with Gasteiger partial charge in [0.2, 0.25) is 10.0 Å². The number of sulfonamides is 1. The summed E-state index contributed by atoms with van der Waals surface area (Å²) in [5.41, 5.74) is 0. The molecule has 0 aliphatic carbocycles. The molecule has 140 valence electrons. The predicted octanol–water partition coefficient (Wildman–Crippen LogP) is 2.27. The summed E-state index contributed by atoms with van der Waals surface area (Å²) in [7, 11) is -2.07. The third-order valence-corrected chi connectivity index (χ3v) is 6.98. The molecule has 2 aliphatic rings. The molecular weight excluding hydrogens is 364 g/mol. The lowest BCUT2D eigenvalue weighted by molar-refractivity contribution is -0.0116. The first-order valence-corrected chi connectivity index (χ1v) is 10.5. The number of halogens is 1. The summed E-state index contributed by atoms with van der Waals surface area (Å²) in [5.74, 6) is 0.330. The normalized spacial score (nSPS) is 24.6. The number of nitrogens with zero attached hydrogens (tertiary/aromatic N) is 1. The molecule has 2 saturated heterocycles. The van der Waals surface area contributed by atoms with E-state index >= 15 is 0 Å². The van der Waals surface area contributed by atoms with E-state index in [1.165, 1.54) is 10.4 Å². The standard InChI is InChI=1S/C17H25ClN2O4S/c1-20(14-7-8-19-11-14)25(21,22)17-10-13(18)5-6-16(17)24-12-15-4-2-3-9-23-15/h5-6,10,14-15,19H,2-4,7-9,11-12H2,1H3. The van der Waals surface area contributed by atoms with E-state index in [2.05, 4.69) is 5.32 Å². The van der Waals surface area contributed by atoms with Gasteiger partial charge in [-0.25, -0.2) is 8.42 Å². The Morgan fingerprint density at radius 3 is 2.88 bits per heavy atom. The van der Waals surface area contributed by atoms with Crippen molar-refractivity contribution in [2.24, 2.45) is 0 Å². The van der Waals surface area contributed by atoms with E-state index in [-0.39, 0.29) is 17.0 Å². The van der Waals surface area contributed by atoms with Gasteiger partial charge in [-0.15, -0.1) is 0 Å². The molecule has 25 heavy (non-hydrogen) atoms. The van der Waals surface area contributed by atoms with E-state index in [1.54, 1.807) is 19.2 Å². The molecule has 1 aromatic carbocycles. The number of nitrogens with one attached hydrogen (secondary N) is 1. The smallest absolute Gasteiger partial charge is 0.246 e. The van der Waals surface area contributed by atoms with E-state index in [0.717, 1.165) is 38.8 Å². The second kappa shape index (κ2) is 8.22. The number of ether oxygens (including phenoxy) is 2. The topological polar surface area (TPSA) is 67.9 Å². The van der Waals surface area contributed by atoms with Crippen LogP contribution >= 0.6 is 11.6 Å². The zero-order valence-electron chi connectivity index (χ0n) is 14.4. The van der Waals surface area contributed by atoms with Gasteiger partial charge in [-0.1, -0.05) is 11.6 Å². The van der Waals surface area contributed by atoms with Gasteiger partial charge in [0.15, 0.2) is 0 Å². The van der Waals surface area contributed by atoms with Crippen LogP contribution < -0.4 is 10.1 Å². The molecule has 0 amide bonds. The van der Waals surface area contributed by atoms with Crippen LogP contribution in [0.15, 0.2) is 23.1 Å². The molecular formula is C17H25ClN2O4S. The highest BCUT2D eigenvalue weighted by Crippen LogP contribution is 2.31. The van der Waals surface area contributed by atoms with E-state index in [9.17, 15) is 8.42 Å². The molecule has 6 nitrogen and oxygen atoms in total. The van der Waals surface area contributed by atoms with Gasteiger partial charge in [0, 0.05) is 31.3 Å². The van der Waals surface area contributed by atoms with Gasteiger partial charge in [0.25, 0.3) is 0 Å². The molecule has 0 spiro atoms. The average molecular weight is 389 g/mol. The van der Waals surface area contributed by atoms with E-state index in [0.29, 0.717) is 23.9 Å². The van der Waals surface area contributed by atoms with E-state index in [4.69, 9.17) is 21.1 Å². The lowest BCUT2D eigenvalue weighted by Gasteiger charge is -2.26. The fourth-order valence-electron chi connectivity index (χ4n) is 3.23. The summed E-state index contributed by atoms with van der Waals surface area (Å²) in [6.45, 7) is 2.56. The quantitative estimate of drug-likeness (QED) is 0.809. The number of benzene rings is 1. The second-order valence-electron chi connectivity index (χ2n) is 6.56. The Kier molecular flexibility index (Phi) is 6.22. The lowest BCUT2D eigenvalue weighted by Crippen LogP contribution is -2.38. The van der Waals surface area contributed by atoms with Crippen LogP contribution in [0.1, 0.15) is 25.7 Å². The Bertz CT molecular complexity index is 686. The minimum absolute atomic E-state index is 0.0109. The molecule has 0 aromatic heterocycles. The third-order valence-electron chi connectivity index (χ3n) is 4.81. The Morgan fingerprint density at radius 2 is 2.20 bits per heavy atom. The summed E-state index contributed by atoms with van der Waals surface area (Å²) in [4.78, 5) is 0.116. The van der Waals surface area contributed by atoms with Crippen molar-refractivity contribution >= 4 is 21.6 Å². The SMILES string of the molecule is CN(C1CCNC1)S(=O)(=O)c1cc(Cl)ccc1OCC1CCCCO1. The summed E-state index contributed by atoms with van der Waals surface area (Å²) in [6.07, 6.45) is 3.91. The zero-order valence-corrected chi connectivity index (χ0v) is 16.0. The van der Waals surface area contributed by atoms with Crippen molar-refractivity contribution in [3.8, 4) is 5.75 Å². The lowest BCUT2D eigenvalue weighted by atomic mass is 10.1. The Hall–Kier alpha value is -0.860. The van der Waals surface area contributed by atoms with Crippen molar-refractivity contribution in [2.75, 3.05) is 33.4 Å². The van der Waals surface area contributed by atoms with Crippen LogP contribution in [-0.2, 0) is 14.8 Å². The molecule has 0 saturated carbocycles. The number of rotatable bonds is 6. The van der Waals surface area contributed by atoms with Gasteiger partial charge in [-0.2, -0.15) is 4.31 Å². The number of hydrogen-bond acceptors (Lipinski definition) is 5. The molecule has 2 aliphatic heterocycles. The Labute approximate surface area is 154 Å². The first kappa shape index (κ1) is 18.9. The molecule has 8 heteroatoms. The van der Waals surface area contributed by atoms with Gasteiger partial charge in [0.05, 0.1) is 6.10 Å². The Balaban J connectivity index is 1.80. The summed E-state index contributed by atoms with van der Waals surface area (Å²) in [5, 5.41) is 3.56. The van der Waals surface area contributed by atoms with Crippen LogP contribution in [0.5, 0.6) is 5.75 Å². The molecule has 2 unspecified atom stereocenters. The molecule has 2 fully saturated rings. The first-order valence-electron chi connectivity index (χ1n) is 8.71. The van der Waals surface area contributed by atoms with Crippen LogP contribution in [-0.4, -0.2) is 58.2 Å². The zero-order chi connectivity index (χ0) is 17.9. The third kappa shape index (κ3) is 4.46. The van der Waals surface area contributed by atoms with E-state index in [1.807, 2.05) is 0 Å². The van der Waals surface area contributed by atoms with Crippen LogP contribution in [0, 0.1) is 0 Å². The fraction of sp³-hybridized carbons (Fsp3) is 0.647. The summed E-state index contributed by atoms with van der Waals surface area (Å²) < 4.78 is 39.0. The van der Waals surface area contributed by atoms with Crippen LogP contribution in [0.2, 0.25) is 5.02 Å². The van der Waals surface area contributed by atoms with Crippen molar-refractivity contribution in [2.45, 2.75) is 42.7 Å². The largest absolute Gasteiger partial charge is 0.489 e. The highest BCUT2D eigenvalue weighted by atomic mass is 35.5. The van der Waals surface area contributed by atoms with Crippen LogP contribution in [0.25, 0.3) is 0 Å². The molecule has 0 radical (unpaired) electrons.